The Morgan fingerprint density at radius 2 is 1.80 bits per heavy atom. The molecule has 4 nitrogen and oxygen atoms in total. The minimum absolute atomic E-state index is 0.688. The minimum Gasteiger partial charge on any atom is -0.296 e. The van der Waals surface area contributed by atoms with Gasteiger partial charge in [-0.1, -0.05) is 6.07 Å². The molecule has 0 saturated carbocycles. The lowest BCUT2D eigenvalue weighted by Gasteiger charge is -2.33. The van der Waals surface area contributed by atoms with Gasteiger partial charge in [-0.25, -0.2) is 0 Å². The number of hydrogen-bond donors (Lipinski definition) is 0. The van der Waals surface area contributed by atoms with Gasteiger partial charge in [-0.2, -0.15) is 0 Å². The fourth-order valence-corrected chi connectivity index (χ4v) is 2.60. The first-order valence-corrected chi connectivity index (χ1v) is 6.21. The lowest BCUT2D eigenvalue weighted by atomic mass is 10.3. The van der Waals surface area contributed by atoms with Gasteiger partial charge in [-0.3, -0.25) is 17.5 Å². The Kier molecular flexibility index (Phi) is 5.04. The molecule has 0 bridgehead atoms. The fraction of sp³-hybridized carbons (Fsp3) is 0.500. The molecule has 1 aromatic rings. The van der Waals surface area contributed by atoms with Crippen molar-refractivity contribution in [2.24, 2.45) is 0 Å². The molecule has 0 aromatic carbocycles. The average molecular weight is 231 g/mol. The molecule has 86 valence electrons. The molecule has 0 radical (unpaired) electrons. The number of pyridine rings is 1. The molecule has 0 aliphatic heterocycles. The van der Waals surface area contributed by atoms with Crippen molar-refractivity contribution in [3.8, 4) is 0 Å². The second-order valence-corrected chi connectivity index (χ2v) is 5.36. The van der Waals surface area contributed by atoms with Gasteiger partial charge >= 0.3 is 0 Å². The van der Waals surface area contributed by atoms with Crippen molar-refractivity contribution < 1.29 is 12.5 Å². The highest BCUT2D eigenvalue weighted by molar-refractivity contribution is 8.21. The molecule has 0 spiro atoms. The topological polar surface area (TPSA) is 40.6 Å². The molecule has 5 heteroatoms. The van der Waals surface area contributed by atoms with Gasteiger partial charge in [0.2, 0.25) is 0 Å². The molecule has 0 saturated heterocycles. The van der Waals surface area contributed by atoms with Crippen LogP contribution in [0.15, 0.2) is 24.4 Å². The van der Waals surface area contributed by atoms with Crippen LogP contribution in [0, 0.1) is 0 Å². The first-order valence-electron chi connectivity index (χ1n) is 4.64. The molecule has 0 fully saturated rings. The molecular formula is C10H17NO3S. The standard InChI is InChI=1S/C10H17NO3S/c1-12-15(13-2,14-3)9-7-10-6-4-5-8-11-10/h4-6,8H,7,9H2,1-3H3. The number of hydrogen-bond acceptors (Lipinski definition) is 4. The molecule has 1 aromatic heterocycles. The van der Waals surface area contributed by atoms with Crippen LogP contribution in [0.4, 0.5) is 0 Å². The van der Waals surface area contributed by atoms with Crippen molar-refractivity contribution in [2.75, 3.05) is 27.1 Å². The third-order valence-electron chi connectivity index (χ3n) is 2.10. The average Bonchev–Trinajstić information content (AvgIpc) is 2.33. The van der Waals surface area contributed by atoms with E-state index in [-0.39, 0.29) is 0 Å². The van der Waals surface area contributed by atoms with Gasteiger partial charge in [0, 0.05) is 18.3 Å². The largest absolute Gasteiger partial charge is 0.296 e. The lowest BCUT2D eigenvalue weighted by molar-refractivity contribution is 0.248. The SMILES string of the molecule is COS(CCc1ccccn1)(OC)OC. The van der Waals surface area contributed by atoms with Crippen molar-refractivity contribution in [2.45, 2.75) is 6.42 Å². The number of nitrogens with zero attached hydrogens (tertiary/aromatic N) is 1. The highest BCUT2D eigenvalue weighted by Crippen LogP contribution is 2.49. The van der Waals surface area contributed by atoms with Crippen molar-refractivity contribution >= 4 is 10.9 Å². The molecular weight excluding hydrogens is 214 g/mol. The number of aromatic nitrogens is 1. The summed E-state index contributed by atoms with van der Waals surface area (Å²) >= 11 is 0. The van der Waals surface area contributed by atoms with E-state index in [0.29, 0.717) is 5.75 Å². The van der Waals surface area contributed by atoms with Crippen LogP contribution < -0.4 is 0 Å². The summed E-state index contributed by atoms with van der Waals surface area (Å²) in [6.07, 6.45) is 2.56. The fourth-order valence-electron chi connectivity index (χ4n) is 1.23. The summed E-state index contributed by atoms with van der Waals surface area (Å²) in [5.74, 6) is 0.688. The Morgan fingerprint density at radius 3 is 2.27 bits per heavy atom. The van der Waals surface area contributed by atoms with E-state index in [2.05, 4.69) is 4.98 Å². The Labute approximate surface area is 92.5 Å². The van der Waals surface area contributed by atoms with Crippen LogP contribution in [0.25, 0.3) is 0 Å². The summed E-state index contributed by atoms with van der Waals surface area (Å²) in [5.41, 5.74) is 1.01. The zero-order valence-electron chi connectivity index (χ0n) is 9.30. The highest BCUT2D eigenvalue weighted by atomic mass is 32.3. The normalized spacial score (nSPS) is 12.7. The zero-order chi connectivity index (χ0) is 11.1. The van der Waals surface area contributed by atoms with E-state index in [1.165, 1.54) is 0 Å². The van der Waals surface area contributed by atoms with Crippen molar-refractivity contribution in [1.29, 1.82) is 0 Å². The van der Waals surface area contributed by atoms with Crippen LogP contribution in [0.1, 0.15) is 5.69 Å². The molecule has 0 unspecified atom stereocenters. The third kappa shape index (κ3) is 3.46. The molecule has 1 rings (SSSR count). The number of rotatable bonds is 6. The summed E-state index contributed by atoms with van der Waals surface area (Å²) in [7, 11) is 2.95. The summed E-state index contributed by atoms with van der Waals surface area (Å²) in [6.45, 7) is 0. The van der Waals surface area contributed by atoms with Crippen molar-refractivity contribution in [1.82, 2.24) is 4.98 Å². The highest BCUT2D eigenvalue weighted by Gasteiger charge is 2.22. The maximum atomic E-state index is 5.27. The Balaban J connectivity index is 2.54. The van der Waals surface area contributed by atoms with Crippen LogP contribution in [0.5, 0.6) is 0 Å². The maximum Gasteiger partial charge on any atom is 0.0883 e. The van der Waals surface area contributed by atoms with E-state index < -0.39 is 10.9 Å². The summed E-state index contributed by atoms with van der Waals surface area (Å²) in [6, 6.07) is 5.84. The van der Waals surface area contributed by atoms with Crippen LogP contribution >= 0.6 is 10.9 Å². The van der Waals surface area contributed by atoms with Gasteiger partial charge in [-0.05, 0) is 12.1 Å². The third-order valence-corrected chi connectivity index (χ3v) is 4.32. The summed E-state index contributed by atoms with van der Waals surface area (Å²) in [4.78, 5) is 4.23. The first kappa shape index (κ1) is 12.4. The van der Waals surface area contributed by atoms with Crippen LogP contribution in [-0.4, -0.2) is 32.1 Å². The van der Waals surface area contributed by atoms with E-state index in [1.807, 2.05) is 18.2 Å². The van der Waals surface area contributed by atoms with Crippen LogP contribution in [0.2, 0.25) is 0 Å². The molecule has 0 aliphatic carbocycles. The van der Waals surface area contributed by atoms with Crippen molar-refractivity contribution in [3.05, 3.63) is 30.1 Å². The van der Waals surface area contributed by atoms with E-state index in [9.17, 15) is 0 Å². The van der Waals surface area contributed by atoms with Crippen LogP contribution in [0.3, 0.4) is 0 Å². The van der Waals surface area contributed by atoms with Gasteiger partial charge in [0.05, 0.1) is 38.0 Å². The number of aryl methyl sites for hydroxylation is 1. The minimum atomic E-state index is -1.85. The molecule has 1 heterocycles. The monoisotopic (exact) mass is 231 g/mol. The van der Waals surface area contributed by atoms with Gasteiger partial charge < -0.3 is 0 Å². The smallest absolute Gasteiger partial charge is 0.0883 e. The van der Waals surface area contributed by atoms with E-state index in [4.69, 9.17) is 12.5 Å². The maximum absolute atomic E-state index is 5.27. The van der Waals surface area contributed by atoms with E-state index >= 15 is 0 Å². The quantitative estimate of drug-likeness (QED) is 0.752. The van der Waals surface area contributed by atoms with Gasteiger partial charge in [0.25, 0.3) is 0 Å². The Bertz CT molecular complexity index is 269. The molecule has 0 atom stereocenters. The second-order valence-electron chi connectivity index (χ2n) is 2.83. The Morgan fingerprint density at radius 1 is 1.13 bits per heavy atom. The Hall–Kier alpha value is -0.620. The zero-order valence-corrected chi connectivity index (χ0v) is 10.1. The predicted molar refractivity (Wildman–Crippen MR) is 61.4 cm³/mol. The second kappa shape index (κ2) is 6.07. The van der Waals surface area contributed by atoms with E-state index in [1.54, 1.807) is 27.5 Å². The van der Waals surface area contributed by atoms with Gasteiger partial charge in [-0.15, -0.1) is 0 Å². The van der Waals surface area contributed by atoms with Gasteiger partial charge in [0.15, 0.2) is 0 Å². The van der Waals surface area contributed by atoms with Crippen LogP contribution in [-0.2, 0) is 19.0 Å². The van der Waals surface area contributed by atoms with Gasteiger partial charge in [0.1, 0.15) is 0 Å². The lowest BCUT2D eigenvalue weighted by Crippen LogP contribution is -2.13. The first-order chi connectivity index (χ1) is 7.26. The predicted octanol–water partition coefficient (Wildman–Crippen LogP) is 2.11. The molecule has 0 amide bonds. The van der Waals surface area contributed by atoms with Crippen molar-refractivity contribution in [3.63, 3.8) is 0 Å². The summed E-state index contributed by atoms with van der Waals surface area (Å²) < 4.78 is 15.8. The van der Waals surface area contributed by atoms with E-state index in [0.717, 1.165) is 12.1 Å². The molecule has 15 heavy (non-hydrogen) atoms. The molecule has 0 aliphatic rings. The summed E-state index contributed by atoms with van der Waals surface area (Å²) in [5, 5.41) is 0. The molecule has 0 N–H and O–H groups in total.